The van der Waals surface area contributed by atoms with E-state index in [1.165, 1.54) is 0 Å². The molecule has 4 nitrogen and oxygen atoms in total. The number of carboxylic acids is 1. The average Bonchev–Trinajstić information content (AvgIpc) is 2.36. The van der Waals surface area contributed by atoms with Crippen LogP contribution in [0.4, 0.5) is 0 Å². The molecule has 0 aromatic carbocycles. The third-order valence-corrected chi connectivity index (χ3v) is 4.38. The Morgan fingerprint density at radius 1 is 1.56 bits per heavy atom. The molecule has 1 aliphatic carbocycles. The lowest BCUT2D eigenvalue weighted by atomic mass is 9.64. The summed E-state index contributed by atoms with van der Waals surface area (Å²) in [5.41, 5.74) is 0.335. The van der Waals surface area contributed by atoms with Crippen LogP contribution in [0.2, 0.25) is 0 Å². The lowest BCUT2D eigenvalue weighted by Gasteiger charge is -2.61. The van der Waals surface area contributed by atoms with Gasteiger partial charge >= 0.3 is 5.97 Å². The molecule has 1 aromatic heterocycles. The first kappa shape index (κ1) is 11.7. The van der Waals surface area contributed by atoms with Crippen molar-refractivity contribution >= 4 is 5.97 Å². The van der Waals surface area contributed by atoms with Gasteiger partial charge in [0.1, 0.15) is 5.54 Å². The van der Waals surface area contributed by atoms with Crippen LogP contribution in [0, 0.1) is 5.92 Å². The van der Waals surface area contributed by atoms with Gasteiger partial charge < -0.3 is 5.11 Å². The number of aromatic nitrogens is 1. The van der Waals surface area contributed by atoms with Crippen molar-refractivity contribution in [2.24, 2.45) is 5.92 Å². The van der Waals surface area contributed by atoms with E-state index in [-0.39, 0.29) is 0 Å². The lowest BCUT2D eigenvalue weighted by Crippen LogP contribution is -2.72. The molecule has 1 aromatic rings. The number of rotatable bonds is 3. The molecule has 0 radical (unpaired) electrons. The zero-order chi connectivity index (χ0) is 12.8. The van der Waals surface area contributed by atoms with Crippen molar-refractivity contribution in [2.45, 2.75) is 44.3 Å². The molecule has 3 unspecified atom stereocenters. The van der Waals surface area contributed by atoms with Crippen molar-refractivity contribution in [3.63, 3.8) is 0 Å². The summed E-state index contributed by atoms with van der Waals surface area (Å²) in [6.07, 6.45) is 4.45. The van der Waals surface area contributed by atoms with Crippen molar-refractivity contribution in [3.8, 4) is 0 Å². The summed E-state index contributed by atoms with van der Waals surface area (Å²) in [6, 6.07) is 6.23. The van der Waals surface area contributed by atoms with Gasteiger partial charge in [0.15, 0.2) is 0 Å². The quantitative estimate of drug-likeness (QED) is 0.885. The lowest BCUT2D eigenvalue weighted by molar-refractivity contribution is -0.187. The summed E-state index contributed by atoms with van der Waals surface area (Å²) in [6.45, 7) is 2.81. The number of carbonyl (C=O) groups is 1. The average molecular weight is 246 g/mol. The molecule has 18 heavy (non-hydrogen) atoms. The minimum atomic E-state index is -0.666. The summed E-state index contributed by atoms with van der Waals surface area (Å²) in [4.78, 5) is 18.0. The summed E-state index contributed by atoms with van der Waals surface area (Å²) < 4.78 is 0. The van der Waals surface area contributed by atoms with Crippen LogP contribution in [0.1, 0.15) is 31.9 Å². The van der Waals surface area contributed by atoms with Crippen LogP contribution in [0.5, 0.6) is 0 Å². The predicted molar refractivity (Wildman–Crippen MR) is 66.9 cm³/mol. The number of piperidine rings is 1. The molecular weight excluding hydrogens is 228 g/mol. The Bertz CT molecular complexity index is 462. The highest BCUT2D eigenvalue weighted by Gasteiger charge is 2.60. The van der Waals surface area contributed by atoms with Crippen molar-refractivity contribution in [1.82, 2.24) is 9.88 Å². The van der Waals surface area contributed by atoms with E-state index in [4.69, 9.17) is 0 Å². The Morgan fingerprint density at radius 3 is 3.06 bits per heavy atom. The van der Waals surface area contributed by atoms with Crippen LogP contribution >= 0.6 is 0 Å². The van der Waals surface area contributed by atoms with Gasteiger partial charge in [-0.25, -0.2) is 0 Å². The number of hydrogen-bond donors (Lipinski definition) is 1. The van der Waals surface area contributed by atoms with Gasteiger partial charge in [0.2, 0.25) is 0 Å². The first-order chi connectivity index (χ1) is 8.62. The minimum absolute atomic E-state index is 0.423. The van der Waals surface area contributed by atoms with Crippen molar-refractivity contribution in [1.29, 1.82) is 0 Å². The first-order valence-corrected chi connectivity index (χ1v) is 6.52. The normalized spacial score (nSPS) is 34.9. The Kier molecular flexibility index (Phi) is 2.63. The van der Waals surface area contributed by atoms with Gasteiger partial charge in [0, 0.05) is 18.8 Å². The maximum absolute atomic E-state index is 11.6. The monoisotopic (exact) mass is 246 g/mol. The van der Waals surface area contributed by atoms with Crippen molar-refractivity contribution < 1.29 is 9.90 Å². The maximum atomic E-state index is 11.6. The van der Waals surface area contributed by atoms with E-state index in [1.54, 1.807) is 6.20 Å². The summed E-state index contributed by atoms with van der Waals surface area (Å²) in [5.74, 6) is -0.152. The zero-order valence-corrected chi connectivity index (χ0v) is 10.5. The van der Waals surface area contributed by atoms with E-state index in [0.717, 1.165) is 25.0 Å². The molecule has 96 valence electrons. The largest absolute Gasteiger partial charge is 0.480 e. The van der Waals surface area contributed by atoms with Gasteiger partial charge in [-0.2, -0.15) is 0 Å². The maximum Gasteiger partial charge on any atom is 0.324 e. The van der Waals surface area contributed by atoms with Crippen LogP contribution in [0.15, 0.2) is 24.4 Å². The first-order valence-electron chi connectivity index (χ1n) is 6.52. The molecule has 1 N–H and O–H groups in total. The zero-order valence-electron chi connectivity index (χ0n) is 10.5. The fourth-order valence-electron chi connectivity index (χ4n) is 3.63. The highest BCUT2D eigenvalue weighted by Crippen LogP contribution is 2.50. The van der Waals surface area contributed by atoms with E-state index in [0.29, 0.717) is 18.5 Å². The Hall–Kier alpha value is -1.42. The summed E-state index contributed by atoms with van der Waals surface area (Å²) in [7, 11) is 0. The SMILES string of the molecule is CC1CC2CC(C(=O)O)(C1)N2Cc1ccccn1. The van der Waals surface area contributed by atoms with Crippen LogP contribution in [0.3, 0.4) is 0 Å². The molecule has 2 aliphatic heterocycles. The van der Waals surface area contributed by atoms with E-state index >= 15 is 0 Å². The van der Waals surface area contributed by atoms with Gasteiger partial charge in [-0.05, 0) is 37.3 Å². The number of fused-ring (bicyclic) bond motifs is 2. The Labute approximate surface area is 107 Å². The smallest absolute Gasteiger partial charge is 0.324 e. The molecule has 3 heterocycles. The standard InChI is InChI=1S/C14H18N2O2/c1-10-6-12-8-14(7-10,13(17)18)16(12)9-11-4-2-3-5-15-11/h2-5,10,12H,6-9H2,1H3,(H,17,18). The molecule has 3 aliphatic rings. The second-order valence-corrected chi connectivity index (χ2v) is 5.69. The number of pyridine rings is 1. The molecule has 0 spiro atoms. The van der Waals surface area contributed by atoms with Crippen LogP contribution in [-0.2, 0) is 11.3 Å². The summed E-state index contributed by atoms with van der Waals surface area (Å²) >= 11 is 0. The topological polar surface area (TPSA) is 53.4 Å². The van der Waals surface area contributed by atoms with Gasteiger partial charge in [-0.15, -0.1) is 0 Å². The number of aliphatic carboxylic acids is 1. The van der Waals surface area contributed by atoms with E-state index in [1.807, 2.05) is 18.2 Å². The summed E-state index contributed by atoms with van der Waals surface area (Å²) in [5, 5.41) is 9.54. The van der Waals surface area contributed by atoms with E-state index < -0.39 is 11.5 Å². The third-order valence-electron chi connectivity index (χ3n) is 4.38. The van der Waals surface area contributed by atoms with E-state index in [9.17, 15) is 9.90 Å². The van der Waals surface area contributed by atoms with E-state index in [2.05, 4.69) is 16.8 Å². The molecule has 4 heteroatoms. The fourth-order valence-corrected chi connectivity index (χ4v) is 3.63. The van der Waals surface area contributed by atoms with Crippen LogP contribution < -0.4 is 0 Å². The molecular formula is C14H18N2O2. The van der Waals surface area contributed by atoms with Crippen LogP contribution in [-0.4, -0.2) is 32.5 Å². The highest BCUT2D eigenvalue weighted by molar-refractivity contribution is 5.80. The van der Waals surface area contributed by atoms with Gasteiger partial charge in [-0.1, -0.05) is 13.0 Å². The number of hydrogen-bond acceptors (Lipinski definition) is 3. The number of carboxylic acid groups (broad SMARTS) is 1. The minimum Gasteiger partial charge on any atom is -0.480 e. The molecule has 1 saturated carbocycles. The van der Waals surface area contributed by atoms with Gasteiger partial charge in [0.25, 0.3) is 0 Å². The highest BCUT2D eigenvalue weighted by atomic mass is 16.4. The molecule has 0 amide bonds. The second kappa shape index (κ2) is 4.05. The third kappa shape index (κ3) is 1.63. The molecule has 4 rings (SSSR count). The number of nitrogens with zero attached hydrogens (tertiary/aromatic N) is 2. The molecule has 3 atom stereocenters. The van der Waals surface area contributed by atoms with Crippen molar-refractivity contribution in [2.75, 3.05) is 0 Å². The molecule has 2 saturated heterocycles. The predicted octanol–water partition coefficient (Wildman–Crippen LogP) is 1.91. The molecule has 3 fully saturated rings. The van der Waals surface area contributed by atoms with Gasteiger partial charge in [-0.3, -0.25) is 14.7 Å². The molecule has 2 bridgehead atoms. The Balaban J connectivity index is 1.82. The fraction of sp³-hybridized carbons (Fsp3) is 0.571. The Morgan fingerprint density at radius 2 is 2.39 bits per heavy atom. The van der Waals surface area contributed by atoms with Gasteiger partial charge in [0.05, 0.1) is 5.69 Å². The second-order valence-electron chi connectivity index (χ2n) is 5.69. The van der Waals surface area contributed by atoms with Crippen LogP contribution in [0.25, 0.3) is 0 Å². The van der Waals surface area contributed by atoms with Crippen molar-refractivity contribution in [3.05, 3.63) is 30.1 Å².